The summed E-state index contributed by atoms with van der Waals surface area (Å²) in [5, 5.41) is 26.4. The number of aromatic amines is 1. The van der Waals surface area contributed by atoms with E-state index in [1.807, 2.05) is 55.5 Å². The molecular weight excluding hydrogens is 426 g/mol. The summed E-state index contributed by atoms with van der Waals surface area (Å²) in [7, 11) is 0. The van der Waals surface area contributed by atoms with Crippen LogP contribution in [0.25, 0.3) is 33.4 Å². The number of carboxylic acids is 1. The number of hydrogen-bond donors (Lipinski definition) is 3. The molecule has 4 aromatic rings. The number of carbonyl (C=O) groups is 1. The van der Waals surface area contributed by atoms with Crippen LogP contribution < -0.4 is 0 Å². The molecule has 0 fully saturated rings. The lowest BCUT2D eigenvalue weighted by Crippen LogP contribution is -2.10. The Morgan fingerprint density at radius 1 is 1.09 bits per heavy atom. The van der Waals surface area contributed by atoms with E-state index in [0.717, 1.165) is 44.5 Å². The SMILES string of the molecule is CC(C)(C)O.Cc1cc2nc(-c3ccn[nH]3)ccc2c(-c2ccc(Cl)cc2)c1CC(=O)O. The number of fused-ring (bicyclic) bond motifs is 1. The summed E-state index contributed by atoms with van der Waals surface area (Å²) in [6.45, 7) is 7.15. The first-order valence-corrected chi connectivity index (χ1v) is 10.5. The minimum atomic E-state index is -0.866. The van der Waals surface area contributed by atoms with Gasteiger partial charge in [-0.25, -0.2) is 4.98 Å². The van der Waals surface area contributed by atoms with Crippen molar-refractivity contribution in [2.75, 3.05) is 0 Å². The molecule has 2 aromatic heterocycles. The van der Waals surface area contributed by atoms with Crippen LogP contribution in [0, 0.1) is 6.92 Å². The van der Waals surface area contributed by atoms with Crippen molar-refractivity contribution >= 4 is 28.5 Å². The molecule has 0 aliphatic rings. The number of H-pyrrole nitrogens is 1. The number of aliphatic hydroxyl groups is 1. The van der Waals surface area contributed by atoms with Gasteiger partial charge in [0.2, 0.25) is 0 Å². The number of nitrogens with one attached hydrogen (secondary N) is 1. The predicted molar refractivity (Wildman–Crippen MR) is 128 cm³/mol. The number of aryl methyl sites for hydroxylation is 1. The van der Waals surface area contributed by atoms with Crippen LogP contribution >= 0.6 is 11.6 Å². The Morgan fingerprint density at radius 3 is 2.31 bits per heavy atom. The minimum Gasteiger partial charge on any atom is -0.481 e. The Balaban J connectivity index is 0.000000523. The third kappa shape index (κ3) is 5.93. The van der Waals surface area contributed by atoms with Crippen LogP contribution in [0.5, 0.6) is 0 Å². The third-order valence-electron chi connectivity index (χ3n) is 4.56. The molecule has 0 saturated carbocycles. The van der Waals surface area contributed by atoms with Crippen molar-refractivity contribution in [3.8, 4) is 22.5 Å². The van der Waals surface area contributed by atoms with Crippen LogP contribution in [0.3, 0.4) is 0 Å². The fourth-order valence-corrected chi connectivity index (χ4v) is 3.45. The van der Waals surface area contributed by atoms with Gasteiger partial charge in [0.1, 0.15) is 0 Å². The quantitative estimate of drug-likeness (QED) is 0.372. The largest absolute Gasteiger partial charge is 0.481 e. The van der Waals surface area contributed by atoms with Crippen LogP contribution in [0.4, 0.5) is 0 Å². The fourth-order valence-electron chi connectivity index (χ4n) is 3.32. The molecule has 0 spiro atoms. The van der Waals surface area contributed by atoms with Crippen LogP contribution in [0.15, 0.2) is 54.7 Å². The van der Waals surface area contributed by atoms with E-state index < -0.39 is 11.6 Å². The zero-order chi connectivity index (χ0) is 23.5. The van der Waals surface area contributed by atoms with Gasteiger partial charge >= 0.3 is 5.97 Å². The van der Waals surface area contributed by atoms with E-state index >= 15 is 0 Å². The second kappa shape index (κ2) is 9.51. The highest BCUT2D eigenvalue weighted by Crippen LogP contribution is 2.35. The maximum atomic E-state index is 11.5. The molecule has 2 aromatic carbocycles. The van der Waals surface area contributed by atoms with Gasteiger partial charge in [-0.2, -0.15) is 5.10 Å². The van der Waals surface area contributed by atoms with E-state index in [1.54, 1.807) is 27.0 Å². The molecule has 7 heteroatoms. The second-order valence-electron chi connectivity index (χ2n) is 8.53. The fraction of sp³-hybridized carbons (Fsp3) is 0.240. The van der Waals surface area contributed by atoms with Crippen molar-refractivity contribution in [2.24, 2.45) is 0 Å². The molecule has 32 heavy (non-hydrogen) atoms. The van der Waals surface area contributed by atoms with Crippen LogP contribution in [0.1, 0.15) is 31.9 Å². The van der Waals surface area contributed by atoms with Crippen molar-refractivity contribution in [1.29, 1.82) is 0 Å². The molecule has 0 aliphatic carbocycles. The maximum Gasteiger partial charge on any atom is 0.307 e. The van der Waals surface area contributed by atoms with Gasteiger partial charge in [-0.15, -0.1) is 0 Å². The highest BCUT2D eigenvalue weighted by atomic mass is 35.5. The summed E-state index contributed by atoms with van der Waals surface area (Å²) in [4.78, 5) is 16.2. The number of pyridine rings is 1. The molecular formula is C25H26ClN3O3. The molecule has 4 rings (SSSR count). The summed E-state index contributed by atoms with van der Waals surface area (Å²) < 4.78 is 0. The normalized spacial score (nSPS) is 11.2. The van der Waals surface area contributed by atoms with Gasteiger partial charge in [0.15, 0.2) is 0 Å². The van der Waals surface area contributed by atoms with E-state index in [-0.39, 0.29) is 6.42 Å². The van der Waals surface area contributed by atoms with Crippen molar-refractivity contribution in [3.05, 3.63) is 70.9 Å². The molecule has 3 N–H and O–H groups in total. The molecule has 0 unspecified atom stereocenters. The summed E-state index contributed by atoms with van der Waals surface area (Å²) in [5.41, 5.74) is 5.40. The number of benzene rings is 2. The standard InChI is InChI=1S/C21H16ClN3O2.C4H10O/c1-12-10-19-15(6-7-17(24-19)18-8-9-23-25-18)21(16(12)11-20(26)27)13-2-4-14(22)5-3-13;1-4(2,3)5/h2-10H,11H2,1H3,(H,23,25)(H,26,27);5H,1-3H3. The summed E-state index contributed by atoms with van der Waals surface area (Å²) in [6.07, 6.45) is 1.63. The Bertz CT molecular complexity index is 1220. The monoisotopic (exact) mass is 451 g/mol. The van der Waals surface area contributed by atoms with E-state index in [1.165, 1.54) is 0 Å². The molecule has 2 heterocycles. The van der Waals surface area contributed by atoms with Gasteiger partial charge in [-0.1, -0.05) is 23.7 Å². The average Bonchev–Trinajstić information content (AvgIpc) is 3.22. The number of hydrogen-bond acceptors (Lipinski definition) is 4. The highest BCUT2D eigenvalue weighted by molar-refractivity contribution is 6.30. The number of halogens is 1. The smallest absolute Gasteiger partial charge is 0.307 e. The summed E-state index contributed by atoms with van der Waals surface area (Å²) in [5.74, 6) is -0.866. The van der Waals surface area contributed by atoms with Gasteiger partial charge in [-0.05, 0) is 86.3 Å². The van der Waals surface area contributed by atoms with Crippen LogP contribution in [-0.4, -0.2) is 37.0 Å². The molecule has 0 amide bonds. The zero-order valence-corrected chi connectivity index (χ0v) is 19.2. The lowest BCUT2D eigenvalue weighted by Gasteiger charge is -2.16. The Labute approximate surface area is 191 Å². The maximum absolute atomic E-state index is 11.5. The Kier molecular flexibility index (Phi) is 6.96. The highest BCUT2D eigenvalue weighted by Gasteiger charge is 2.17. The van der Waals surface area contributed by atoms with E-state index in [2.05, 4.69) is 10.2 Å². The lowest BCUT2D eigenvalue weighted by molar-refractivity contribution is -0.136. The van der Waals surface area contributed by atoms with Crippen LogP contribution in [-0.2, 0) is 11.2 Å². The number of carboxylic acid groups (broad SMARTS) is 1. The molecule has 0 radical (unpaired) electrons. The molecule has 0 saturated heterocycles. The molecule has 0 bridgehead atoms. The average molecular weight is 452 g/mol. The van der Waals surface area contributed by atoms with Gasteiger partial charge in [0, 0.05) is 16.6 Å². The molecule has 0 aliphatic heterocycles. The first kappa shape index (κ1) is 23.4. The molecule has 0 atom stereocenters. The zero-order valence-electron chi connectivity index (χ0n) is 18.5. The molecule has 6 nitrogen and oxygen atoms in total. The predicted octanol–water partition coefficient (Wildman–Crippen LogP) is 5.66. The van der Waals surface area contributed by atoms with Gasteiger partial charge in [0.05, 0.1) is 28.9 Å². The van der Waals surface area contributed by atoms with Gasteiger partial charge < -0.3 is 10.2 Å². The Hall–Kier alpha value is -3.22. The third-order valence-corrected chi connectivity index (χ3v) is 4.81. The van der Waals surface area contributed by atoms with Crippen molar-refractivity contribution in [2.45, 2.75) is 39.7 Å². The number of nitrogens with zero attached hydrogens (tertiary/aromatic N) is 2. The van der Waals surface area contributed by atoms with Crippen molar-refractivity contribution in [1.82, 2.24) is 15.2 Å². The lowest BCUT2D eigenvalue weighted by atomic mass is 9.90. The molecule has 166 valence electrons. The van der Waals surface area contributed by atoms with E-state index in [4.69, 9.17) is 21.7 Å². The summed E-state index contributed by atoms with van der Waals surface area (Å²) >= 11 is 6.03. The van der Waals surface area contributed by atoms with Crippen LogP contribution in [0.2, 0.25) is 5.02 Å². The number of rotatable bonds is 4. The van der Waals surface area contributed by atoms with E-state index in [9.17, 15) is 9.90 Å². The van der Waals surface area contributed by atoms with Gasteiger partial charge in [0.25, 0.3) is 0 Å². The number of aromatic nitrogens is 3. The van der Waals surface area contributed by atoms with Gasteiger partial charge in [-0.3, -0.25) is 9.89 Å². The van der Waals surface area contributed by atoms with Crippen molar-refractivity contribution < 1.29 is 15.0 Å². The minimum absolute atomic E-state index is 0.0535. The Morgan fingerprint density at radius 2 is 1.75 bits per heavy atom. The summed E-state index contributed by atoms with van der Waals surface area (Å²) in [6, 6.07) is 15.1. The first-order valence-electron chi connectivity index (χ1n) is 10.2. The van der Waals surface area contributed by atoms with Crippen molar-refractivity contribution in [3.63, 3.8) is 0 Å². The topological polar surface area (TPSA) is 99.1 Å². The number of aliphatic carboxylic acids is 1. The second-order valence-corrected chi connectivity index (χ2v) is 8.97. The first-order chi connectivity index (χ1) is 15.0. The van der Waals surface area contributed by atoms with E-state index in [0.29, 0.717) is 5.02 Å².